The second kappa shape index (κ2) is 8.74. The van der Waals surface area contributed by atoms with Crippen LogP contribution in [0.1, 0.15) is 72.2 Å². The molecule has 0 amide bonds. The monoisotopic (exact) mass is 514 g/mol. The summed E-state index contributed by atoms with van der Waals surface area (Å²) in [5.74, 6) is 0.527. The zero-order valence-electron chi connectivity index (χ0n) is 19.9. The maximum absolute atomic E-state index is 13.1. The van der Waals surface area contributed by atoms with Gasteiger partial charge in [-0.3, -0.25) is 0 Å². The highest BCUT2D eigenvalue weighted by molar-refractivity contribution is 5.85. The lowest BCUT2D eigenvalue weighted by Gasteiger charge is -2.52. The Morgan fingerprint density at radius 2 is 1.78 bits per heavy atom. The maximum Gasteiger partial charge on any atom is 0.573 e. The molecule has 8 nitrogen and oxygen atoms in total. The van der Waals surface area contributed by atoms with Gasteiger partial charge in [-0.05, 0) is 74.1 Å². The number of piperidine rings is 1. The van der Waals surface area contributed by atoms with Crippen LogP contribution in [0.2, 0.25) is 0 Å². The van der Waals surface area contributed by atoms with E-state index in [1.807, 2.05) is 0 Å². The lowest BCUT2D eigenvalue weighted by molar-refractivity contribution is -0.274. The first-order valence-corrected chi connectivity index (χ1v) is 12.4. The van der Waals surface area contributed by atoms with Gasteiger partial charge < -0.3 is 19.3 Å². The number of benzene rings is 1. The molecule has 1 aliphatic heterocycles. The van der Waals surface area contributed by atoms with Gasteiger partial charge in [0.1, 0.15) is 17.2 Å². The van der Waals surface area contributed by atoms with E-state index in [1.54, 1.807) is 18.2 Å². The lowest BCUT2D eigenvalue weighted by Crippen LogP contribution is -2.46. The predicted molar refractivity (Wildman–Crippen MR) is 125 cm³/mol. The summed E-state index contributed by atoms with van der Waals surface area (Å²) >= 11 is 0. The molecule has 1 saturated heterocycles. The number of carboxylic acids is 1. The third kappa shape index (κ3) is 4.62. The molecule has 3 fully saturated rings. The number of anilines is 1. The molecule has 0 bridgehead atoms. The third-order valence-electron chi connectivity index (χ3n) is 7.86. The quantitative estimate of drug-likeness (QED) is 0.442. The van der Waals surface area contributed by atoms with Gasteiger partial charge in [-0.25, -0.2) is 4.79 Å². The summed E-state index contributed by atoms with van der Waals surface area (Å²) in [6, 6.07) is 9.24. The number of halogens is 3. The Morgan fingerprint density at radius 1 is 1.05 bits per heavy atom. The van der Waals surface area contributed by atoms with Gasteiger partial charge in [-0.2, -0.15) is 0 Å². The van der Waals surface area contributed by atoms with E-state index in [1.165, 1.54) is 18.2 Å². The first-order valence-electron chi connectivity index (χ1n) is 12.4. The highest BCUT2D eigenvalue weighted by atomic mass is 19.4. The molecule has 11 heteroatoms. The van der Waals surface area contributed by atoms with Crippen LogP contribution in [0.5, 0.6) is 5.75 Å². The van der Waals surface area contributed by atoms with Crippen molar-refractivity contribution in [1.82, 2.24) is 15.4 Å². The van der Waals surface area contributed by atoms with Crippen molar-refractivity contribution >= 4 is 11.8 Å². The summed E-state index contributed by atoms with van der Waals surface area (Å²) in [4.78, 5) is 13.1. The molecule has 2 saturated carbocycles. The van der Waals surface area contributed by atoms with Crippen molar-refractivity contribution in [2.45, 2.75) is 56.7 Å². The molecule has 1 spiro atoms. The zero-order valence-corrected chi connectivity index (χ0v) is 19.9. The number of alkyl halides is 3. The van der Waals surface area contributed by atoms with E-state index in [2.05, 4.69) is 25.0 Å². The fraction of sp³-hybridized carbons (Fsp3) is 0.462. The summed E-state index contributed by atoms with van der Waals surface area (Å²) in [5.41, 5.74) is 1.74. The normalized spacial score (nSPS) is 19.6. The van der Waals surface area contributed by atoms with E-state index >= 15 is 0 Å². The highest BCUT2D eigenvalue weighted by Gasteiger charge is 2.50. The molecule has 0 radical (unpaired) electrons. The van der Waals surface area contributed by atoms with Crippen molar-refractivity contribution in [3.8, 4) is 17.0 Å². The predicted octanol–water partition coefficient (Wildman–Crippen LogP) is 5.77. The molecular weight excluding hydrogens is 489 g/mol. The van der Waals surface area contributed by atoms with Gasteiger partial charge in [0.2, 0.25) is 0 Å². The number of hydrogen-bond acceptors (Lipinski definition) is 7. The zero-order chi connectivity index (χ0) is 25.8. The number of nitrogens with zero attached hydrogens (tertiary/aromatic N) is 4. The Labute approximate surface area is 210 Å². The van der Waals surface area contributed by atoms with E-state index in [4.69, 9.17) is 9.63 Å². The fourth-order valence-corrected chi connectivity index (χ4v) is 5.83. The molecule has 3 aromatic rings. The van der Waals surface area contributed by atoms with Crippen LogP contribution in [-0.4, -0.2) is 45.9 Å². The van der Waals surface area contributed by atoms with Crippen LogP contribution in [0.4, 0.5) is 19.0 Å². The van der Waals surface area contributed by atoms with E-state index in [-0.39, 0.29) is 28.7 Å². The number of aromatic carboxylic acids is 1. The minimum absolute atomic E-state index is 0.0859. The second-order valence-corrected chi connectivity index (χ2v) is 10.3. The Balaban J connectivity index is 1.19. The Morgan fingerprint density at radius 3 is 2.41 bits per heavy atom. The Hall–Kier alpha value is -3.63. The van der Waals surface area contributed by atoms with Crippen molar-refractivity contribution in [2.75, 3.05) is 18.0 Å². The van der Waals surface area contributed by atoms with E-state index in [9.17, 15) is 18.0 Å². The first kappa shape index (κ1) is 23.7. The van der Waals surface area contributed by atoms with Crippen molar-refractivity contribution in [3.05, 3.63) is 53.4 Å². The van der Waals surface area contributed by atoms with Crippen molar-refractivity contribution in [2.24, 2.45) is 5.41 Å². The Bertz CT molecular complexity index is 1300. The summed E-state index contributed by atoms with van der Waals surface area (Å²) in [7, 11) is 0. The minimum Gasteiger partial charge on any atom is -0.476 e. The molecule has 37 heavy (non-hydrogen) atoms. The van der Waals surface area contributed by atoms with Crippen molar-refractivity contribution in [1.29, 1.82) is 0 Å². The number of ether oxygens (including phenoxy) is 1. The van der Waals surface area contributed by atoms with E-state index in [0.717, 1.165) is 62.9 Å². The second-order valence-electron chi connectivity index (χ2n) is 10.3. The van der Waals surface area contributed by atoms with Crippen LogP contribution in [-0.2, 0) is 0 Å². The molecule has 0 unspecified atom stereocenters. The largest absolute Gasteiger partial charge is 0.573 e. The third-order valence-corrected chi connectivity index (χ3v) is 7.86. The summed E-state index contributed by atoms with van der Waals surface area (Å²) in [5, 5.41) is 21.1. The average molecular weight is 515 g/mol. The summed E-state index contributed by atoms with van der Waals surface area (Å²) < 4.78 is 49.2. The smallest absolute Gasteiger partial charge is 0.476 e. The summed E-state index contributed by atoms with van der Waals surface area (Å²) in [6.45, 7) is 1.56. The topological polar surface area (TPSA) is 102 Å². The Kier molecular flexibility index (Phi) is 5.61. The average Bonchev–Trinajstić information content (AvgIpc) is 3.61. The molecule has 1 aromatic carbocycles. The van der Waals surface area contributed by atoms with Gasteiger partial charge in [-0.15, -0.1) is 23.4 Å². The number of rotatable bonds is 6. The molecule has 194 valence electrons. The number of para-hydroxylation sites is 1. The van der Waals surface area contributed by atoms with Crippen LogP contribution in [0.15, 0.2) is 40.9 Å². The molecule has 0 atom stereocenters. The van der Waals surface area contributed by atoms with Gasteiger partial charge in [0.25, 0.3) is 0 Å². The van der Waals surface area contributed by atoms with Gasteiger partial charge in [0, 0.05) is 30.1 Å². The summed E-state index contributed by atoms with van der Waals surface area (Å²) in [6.07, 6.45) is 0.916. The van der Waals surface area contributed by atoms with Gasteiger partial charge >= 0.3 is 12.3 Å². The number of hydrogen-bond donors (Lipinski definition) is 1. The minimum atomic E-state index is -4.80. The molecule has 3 aliphatic rings. The lowest BCUT2D eigenvalue weighted by atomic mass is 9.55. The molecular formula is C26H25F3N4O4. The molecule has 2 aromatic heterocycles. The molecule has 1 N–H and O–H groups in total. The van der Waals surface area contributed by atoms with E-state index < -0.39 is 12.3 Å². The standard InChI is InChI=1S/C26H25F3N4O4/c27-26(28,29)36-19-4-2-1-3-17(19)22-21(23(37-32-22)15-5-6-15)16-13-25(14-16)9-11-33(12-10-25)20-8-7-18(24(34)35)30-31-20/h1-4,7-8,15-16H,5-6,9-14H2,(H,34,35). The number of carboxylic acid groups (broad SMARTS) is 1. The van der Waals surface area contributed by atoms with E-state index in [0.29, 0.717) is 17.1 Å². The van der Waals surface area contributed by atoms with Crippen LogP contribution < -0.4 is 9.64 Å². The van der Waals surface area contributed by atoms with Crippen LogP contribution in [0, 0.1) is 5.41 Å². The number of aromatic nitrogens is 3. The molecule has 2 aliphatic carbocycles. The van der Waals surface area contributed by atoms with Crippen LogP contribution in [0.25, 0.3) is 11.3 Å². The molecule has 3 heterocycles. The SMILES string of the molecule is O=C(O)c1ccc(N2CCC3(CC2)CC(c2c(-c4ccccc4OC(F)(F)F)noc2C2CC2)C3)nn1. The molecule has 6 rings (SSSR count). The van der Waals surface area contributed by atoms with Crippen molar-refractivity contribution in [3.63, 3.8) is 0 Å². The highest BCUT2D eigenvalue weighted by Crippen LogP contribution is 2.60. The van der Waals surface area contributed by atoms with Crippen molar-refractivity contribution < 1.29 is 32.3 Å². The fourth-order valence-electron chi connectivity index (χ4n) is 5.83. The maximum atomic E-state index is 13.1. The van der Waals surface area contributed by atoms with Gasteiger partial charge in [0.05, 0.1) is 0 Å². The van der Waals surface area contributed by atoms with Crippen LogP contribution in [0.3, 0.4) is 0 Å². The first-order chi connectivity index (χ1) is 17.7. The number of carbonyl (C=O) groups is 1. The van der Waals surface area contributed by atoms with Crippen LogP contribution >= 0.6 is 0 Å². The van der Waals surface area contributed by atoms with Gasteiger partial charge in [0.15, 0.2) is 11.5 Å². The van der Waals surface area contributed by atoms with Gasteiger partial charge in [-0.1, -0.05) is 17.3 Å².